The third-order valence-corrected chi connectivity index (χ3v) is 3.69. The lowest BCUT2D eigenvalue weighted by Crippen LogP contribution is -2.19. The van der Waals surface area contributed by atoms with E-state index in [1.54, 1.807) is 0 Å². The Morgan fingerprint density at radius 1 is 1.12 bits per heavy atom. The zero-order chi connectivity index (χ0) is 11.8. The minimum atomic E-state index is 0.606. The Bertz CT molecular complexity index is 565. The maximum Gasteiger partial charge on any atom is 0.0449 e. The summed E-state index contributed by atoms with van der Waals surface area (Å²) in [6, 6.07) is 15.1. The molecule has 0 bridgehead atoms. The Hall–Kier alpha value is -1.76. The standard InChI is InChI=1S/C16H17N/c1-12-10-17(11-13(12)2)16-9-5-7-14-6-3-4-8-15(14)16/h3-9,13H,1,10-11H2,2H3/t13-/m0/s1. The topological polar surface area (TPSA) is 3.24 Å². The van der Waals surface area contributed by atoms with Crippen molar-refractivity contribution < 1.29 is 0 Å². The van der Waals surface area contributed by atoms with Crippen LogP contribution >= 0.6 is 0 Å². The van der Waals surface area contributed by atoms with Crippen LogP contribution < -0.4 is 4.90 Å². The van der Waals surface area contributed by atoms with Crippen molar-refractivity contribution in [2.45, 2.75) is 6.92 Å². The number of hydrogen-bond acceptors (Lipinski definition) is 1. The second-order valence-corrected chi connectivity index (χ2v) is 4.94. The van der Waals surface area contributed by atoms with Crippen molar-refractivity contribution in [3.05, 3.63) is 54.6 Å². The number of anilines is 1. The molecule has 1 saturated heterocycles. The molecule has 3 rings (SSSR count). The van der Waals surface area contributed by atoms with Gasteiger partial charge in [-0.2, -0.15) is 0 Å². The SMILES string of the molecule is C=C1CN(c2cccc3ccccc23)C[C@@H]1C. The van der Waals surface area contributed by atoms with Gasteiger partial charge < -0.3 is 4.90 Å². The third-order valence-electron chi connectivity index (χ3n) is 3.69. The highest BCUT2D eigenvalue weighted by atomic mass is 15.2. The van der Waals surface area contributed by atoms with Crippen LogP contribution in [0.5, 0.6) is 0 Å². The summed E-state index contributed by atoms with van der Waals surface area (Å²) >= 11 is 0. The molecular formula is C16H17N. The number of nitrogens with zero attached hydrogens (tertiary/aromatic N) is 1. The molecule has 0 saturated carbocycles. The summed E-state index contributed by atoms with van der Waals surface area (Å²) in [5.74, 6) is 0.606. The second-order valence-electron chi connectivity index (χ2n) is 4.94. The number of fused-ring (bicyclic) bond motifs is 1. The minimum absolute atomic E-state index is 0.606. The molecule has 1 nitrogen and oxygen atoms in total. The van der Waals surface area contributed by atoms with E-state index < -0.39 is 0 Å². The van der Waals surface area contributed by atoms with Crippen molar-refractivity contribution in [2.24, 2.45) is 5.92 Å². The predicted molar refractivity (Wildman–Crippen MR) is 74.5 cm³/mol. The van der Waals surface area contributed by atoms with E-state index in [0.717, 1.165) is 13.1 Å². The van der Waals surface area contributed by atoms with Crippen molar-refractivity contribution in [3.8, 4) is 0 Å². The van der Waals surface area contributed by atoms with Gasteiger partial charge in [0, 0.05) is 24.2 Å². The molecular weight excluding hydrogens is 206 g/mol. The lowest BCUT2D eigenvalue weighted by molar-refractivity contribution is 0.760. The van der Waals surface area contributed by atoms with Gasteiger partial charge >= 0.3 is 0 Å². The first kappa shape index (κ1) is 10.4. The largest absolute Gasteiger partial charge is 0.366 e. The van der Waals surface area contributed by atoms with Gasteiger partial charge in [0.1, 0.15) is 0 Å². The quantitative estimate of drug-likeness (QED) is 0.664. The average Bonchev–Trinajstić information content (AvgIpc) is 2.69. The Labute approximate surface area is 102 Å². The van der Waals surface area contributed by atoms with Crippen molar-refractivity contribution in [3.63, 3.8) is 0 Å². The molecule has 86 valence electrons. The molecule has 1 heteroatoms. The normalized spacial score (nSPS) is 20.2. The summed E-state index contributed by atoms with van der Waals surface area (Å²) in [5.41, 5.74) is 2.69. The van der Waals surface area contributed by atoms with E-state index in [0.29, 0.717) is 5.92 Å². The van der Waals surface area contributed by atoms with Crippen LogP contribution in [0.3, 0.4) is 0 Å². The first-order valence-corrected chi connectivity index (χ1v) is 6.16. The molecule has 2 aromatic carbocycles. The molecule has 0 aromatic heterocycles. The lowest BCUT2D eigenvalue weighted by atomic mass is 10.1. The summed E-state index contributed by atoms with van der Waals surface area (Å²) in [6.07, 6.45) is 0. The van der Waals surface area contributed by atoms with Crippen LogP contribution in [0.15, 0.2) is 54.6 Å². The van der Waals surface area contributed by atoms with E-state index in [4.69, 9.17) is 0 Å². The fourth-order valence-electron chi connectivity index (χ4n) is 2.59. The Balaban J connectivity index is 2.09. The fourth-order valence-corrected chi connectivity index (χ4v) is 2.59. The molecule has 1 aliphatic heterocycles. The zero-order valence-electron chi connectivity index (χ0n) is 10.2. The highest BCUT2D eigenvalue weighted by Crippen LogP contribution is 2.32. The third kappa shape index (κ3) is 1.72. The summed E-state index contributed by atoms with van der Waals surface area (Å²) in [5, 5.41) is 2.66. The second kappa shape index (κ2) is 3.92. The highest BCUT2D eigenvalue weighted by molar-refractivity contribution is 5.94. The van der Waals surface area contributed by atoms with Crippen molar-refractivity contribution in [1.82, 2.24) is 0 Å². The monoisotopic (exact) mass is 223 g/mol. The number of benzene rings is 2. The number of hydrogen-bond donors (Lipinski definition) is 0. The molecule has 1 atom stereocenters. The van der Waals surface area contributed by atoms with Gasteiger partial charge in [0.2, 0.25) is 0 Å². The molecule has 0 radical (unpaired) electrons. The lowest BCUT2D eigenvalue weighted by Gasteiger charge is -2.20. The van der Waals surface area contributed by atoms with E-state index >= 15 is 0 Å². The molecule has 1 heterocycles. The van der Waals surface area contributed by atoms with E-state index in [9.17, 15) is 0 Å². The minimum Gasteiger partial charge on any atom is -0.366 e. The van der Waals surface area contributed by atoms with Crippen molar-refractivity contribution in [2.75, 3.05) is 18.0 Å². The maximum atomic E-state index is 4.15. The Morgan fingerprint density at radius 2 is 1.88 bits per heavy atom. The van der Waals surface area contributed by atoms with Crippen molar-refractivity contribution >= 4 is 16.5 Å². The van der Waals surface area contributed by atoms with Crippen molar-refractivity contribution in [1.29, 1.82) is 0 Å². The highest BCUT2D eigenvalue weighted by Gasteiger charge is 2.23. The summed E-state index contributed by atoms with van der Waals surface area (Å²) in [6.45, 7) is 8.49. The van der Waals surface area contributed by atoms with E-state index in [1.807, 2.05) is 0 Å². The van der Waals surface area contributed by atoms with Gasteiger partial charge in [0.25, 0.3) is 0 Å². The summed E-state index contributed by atoms with van der Waals surface area (Å²) in [4.78, 5) is 2.44. The van der Waals surface area contributed by atoms with E-state index in [2.05, 4.69) is 60.9 Å². The first-order chi connectivity index (χ1) is 8.25. The van der Waals surface area contributed by atoms with E-state index in [-0.39, 0.29) is 0 Å². The van der Waals surface area contributed by atoms with Crippen LogP contribution in [0.2, 0.25) is 0 Å². The van der Waals surface area contributed by atoms with Crippen LogP contribution in [-0.4, -0.2) is 13.1 Å². The molecule has 0 amide bonds. The van der Waals surface area contributed by atoms with Gasteiger partial charge in [-0.1, -0.05) is 55.5 Å². The van der Waals surface area contributed by atoms with Crippen LogP contribution in [-0.2, 0) is 0 Å². The van der Waals surface area contributed by atoms with Crippen LogP contribution in [0.1, 0.15) is 6.92 Å². The van der Waals surface area contributed by atoms with Gasteiger partial charge in [-0.15, -0.1) is 0 Å². The predicted octanol–water partition coefficient (Wildman–Crippen LogP) is 3.85. The van der Waals surface area contributed by atoms with Gasteiger partial charge in [-0.25, -0.2) is 0 Å². The zero-order valence-corrected chi connectivity index (χ0v) is 10.2. The summed E-state index contributed by atoms with van der Waals surface area (Å²) < 4.78 is 0. The fraction of sp³-hybridized carbons (Fsp3) is 0.250. The molecule has 1 fully saturated rings. The van der Waals surface area contributed by atoms with Crippen LogP contribution in [0.4, 0.5) is 5.69 Å². The first-order valence-electron chi connectivity index (χ1n) is 6.16. The molecule has 0 N–H and O–H groups in total. The Morgan fingerprint density at radius 3 is 2.65 bits per heavy atom. The van der Waals surface area contributed by atoms with Gasteiger partial charge in [-0.3, -0.25) is 0 Å². The Kier molecular flexibility index (Phi) is 2.40. The summed E-state index contributed by atoms with van der Waals surface area (Å²) in [7, 11) is 0. The van der Waals surface area contributed by atoms with E-state index in [1.165, 1.54) is 22.0 Å². The smallest absolute Gasteiger partial charge is 0.0449 e. The molecule has 17 heavy (non-hydrogen) atoms. The van der Waals surface area contributed by atoms with Crippen LogP contribution in [0, 0.1) is 5.92 Å². The molecule has 2 aromatic rings. The number of rotatable bonds is 1. The van der Waals surface area contributed by atoms with Gasteiger partial charge in [0.15, 0.2) is 0 Å². The molecule has 0 spiro atoms. The van der Waals surface area contributed by atoms with Gasteiger partial charge in [-0.05, 0) is 17.4 Å². The molecule has 1 aliphatic rings. The molecule has 0 unspecified atom stereocenters. The maximum absolute atomic E-state index is 4.15. The average molecular weight is 223 g/mol. The van der Waals surface area contributed by atoms with Crippen LogP contribution in [0.25, 0.3) is 10.8 Å². The molecule has 0 aliphatic carbocycles. The van der Waals surface area contributed by atoms with Gasteiger partial charge in [0.05, 0.1) is 0 Å².